The molecule has 0 fully saturated rings. The highest BCUT2D eigenvalue weighted by molar-refractivity contribution is 7.13. The Bertz CT molecular complexity index is 787. The number of rotatable bonds is 5. The van der Waals surface area contributed by atoms with Gasteiger partial charge in [-0.1, -0.05) is 23.7 Å². The van der Waals surface area contributed by atoms with Crippen LogP contribution in [0.15, 0.2) is 54.2 Å². The molecule has 0 aliphatic carbocycles. The summed E-state index contributed by atoms with van der Waals surface area (Å²) < 4.78 is 0. The topological polar surface area (TPSA) is 54.9 Å². The van der Waals surface area contributed by atoms with E-state index in [-0.39, 0.29) is 5.91 Å². The van der Waals surface area contributed by atoms with E-state index in [1.54, 1.807) is 35.9 Å². The number of carbonyl (C=O) groups is 1. The van der Waals surface area contributed by atoms with Crippen LogP contribution in [0.1, 0.15) is 16.1 Å². The van der Waals surface area contributed by atoms with Crippen molar-refractivity contribution in [3.8, 4) is 10.6 Å². The van der Waals surface area contributed by atoms with Gasteiger partial charge in [0.2, 0.25) is 0 Å². The number of thiazole rings is 1. The van der Waals surface area contributed by atoms with Crippen LogP contribution < -0.4 is 5.32 Å². The summed E-state index contributed by atoms with van der Waals surface area (Å²) in [5, 5.41) is 6.57. The van der Waals surface area contributed by atoms with Crippen LogP contribution >= 0.6 is 22.9 Å². The average Bonchev–Trinajstić information content (AvgIpc) is 3.05. The number of nitrogens with one attached hydrogen (secondary N) is 1. The zero-order chi connectivity index (χ0) is 16.1. The number of aromatic nitrogens is 2. The van der Waals surface area contributed by atoms with E-state index in [1.165, 1.54) is 0 Å². The van der Waals surface area contributed by atoms with Crippen LogP contribution in [0.3, 0.4) is 0 Å². The molecule has 3 aromatic rings. The first-order valence-electron chi connectivity index (χ1n) is 7.11. The highest BCUT2D eigenvalue weighted by Gasteiger charge is 2.07. The molecule has 0 bridgehead atoms. The van der Waals surface area contributed by atoms with Crippen molar-refractivity contribution in [3.05, 3.63) is 70.5 Å². The molecule has 0 unspecified atom stereocenters. The second-order valence-corrected chi connectivity index (χ2v) is 6.19. The first-order chi connectivity index (χ1) is 11.2. The maximum atomic E-state index is 11.9. The smallest absolute Gasteiger partial charge is 0.251 e. The summed E-state index contributed by atoms with van der Waals surface area (Å²) in [4.78, 5) is 20.4. The number of hydrogen-bond donors (Lipinski definition) is 1. The second kappa shape index (κ2) is 7.35. The summed E-state index contributed by atoms with van der Waals surface area (Å²) in [6.45, 7) is 0.547. The molecule has 0 radical (unpaired) electrons. The summed E-state index contributed by atoms with van der Waals surface area (Å²) in [6, 6.07) is 11.0. The van der Waals surface area contributed by atoms with Gasteiger partial charge in [0.1, 0.15) is 5.01 Å². The molecule has 2 aromatic heterocycles. The van der Waals surface area contributed by atoms with Crippen LogP contribution in [0.4, 0.5) is 0 Å². The van der Waals surface area contributed by atoms with Crippen LogP contribution in [0.25, 0.3) is 10.6 Å². The van der Waals surface area contributed by atoms with Gasteiger partial charge in [-0.2, -0.15) is 0 Å². The van der Waals surface area contributed by atoms with Crippen LogP contribution in [0.2, 0.25) is 5.02 Å². The Hall–Kier alpha value is -2.24. The third kappa shape index (κ3) is 4.15. The molecule has 0 atom stereocenters. The zero-order valence-electron chi connectivity index (χ0n) is 12.2. The minimum Gasteiger partial charge on any atom is -0.352 e. The summed E-state index contributed by atoms with van der Waals surface area (Å²) >= 11 is 7.48. The van der Waals surface area contributed by atoms with Crippen molar-refractivity contribution in [1.82, 2.24) is 15.3 Å². The molecule has 1 amide bonds. The first kappa shape index (κ1) is 15.6. The lowest BCUT2D eigenvalue weighted by Gasteiger charge is -2.03. The van der Waals surface area contributed by atoms with Crippen LogP contribution in [0.5, 0.6) is 0 Å². The molecule has 4 nitrogen and oxygen atoms in total. The van der Waals surface area contributed by atoms with E-state index in [1.807, 2.05) is 29.6 Å². The van der Waals surface area contributed by atoms with Crippen molar-refractivity contribution in [2.45, 2.75) is 6.42 Å². The maximum Gasteiger partial charge on any atom is 0.251 e. The third-order valence-electron chi connectivity index (χ3n) is 3.25. The number of benzene rings is 1. The van der Waals surface area contributed by atoms with Crippen LogP contribution in [-0.4, -0.2) is 22.4 Å². The standard InChI is InChI=1S/C17H14ClN3OS/c18-14-3-1-13(2-4-14)17-21-15(11-23-17)7-10-20-16(22)12-5-8-19-9-6-12/h1-6,8-9,11H,7,10H2,(H,20,22). The number of carbonyl (C=O) groups excluding carboxylic acids is 1. The monoisotopic (exact) mass is 343 g/mol. The number of pyridine rings is 1. The van der Waals surface area contributed by atoms with Gasteiger partial charge in [-0.3, -0.25) is 9.78 Å². The molecule has 0 aliphatic rings. The molecule has 1 aromatic carbocycles. The summed E-state index contributed by atoms with van der Waals surface area (Å²) in [6.07, 6.45) is 3.91. The second-order valence-electron chi connectivity index (χ2n) is 4.89. The van der Waals surface area contributed by atoms with E-state index in [0.29, 0.717) is 23.6 Å². The highest BCUT2D eigenvalue weighted by atomic mass is 35.5. The molecule has 116 valence electrons. The van der Waals surface area contributed by atoms with Gasteiger partial charge in [-0.05, 0) is 24.3 Å². The highest BCUT2D eigenvalue weighted by Crippen LogP contribution is 2.25. The third-order valence-corrected chi connectivity index (χ3v) is 4.44. The van der Waals surface area contributed by atoms with Crippen LogP contribution in [-0.2, 0) is 6.42 Å². The predicted molar refractivity (Wildman–Crippen MR) is 92.8 cm³/mol. The maximum absolute atomic E-state index is 11.9. The minimum atomic E-state index is -0.0967. The van der Waals surface area contributed by atoms with E-state index in [2.05, 4.69) is 15.3 Å². The zero-order valence-corrected chi connectivity index (χ0v) is 13.8. The number of amides is 1. The summed E-state index contributed by atoms with van der Waals surface area (Å²) in [5.74, 6) is -0.0967. The number of nitrogens with zero attached hydrogens (tertiary/aromatic N) is 2. The molecule has 0 saturated heterocycles. The van der Waals surface area contributed by atoms with Gasteiger partial charge in [-0.25, -0.2) is 4.98 Å². The fourth-order valence-electron chi connectivity index (χ4n) is 2.06. The van der Waals surface area contributed by atoms with Gasteiger partial charge in [0.25, 0.3) is 5.91 Å². The number of halogens is 1. The molecular weight excluding hydrogens is 330 g/mol. The normalized spacial score (nSPS) is 10.5. The van der Waals surface area contributed by atoms with Crippen LogP contribution in [0, 0.1) is 0 Å². The Morgan fingerprint density at radius 2 is 1.87 bits per heavy atom. The van der Waals surface area contributed by atoms with Crippen molar-refractivity contribution in [3.63, 3.8) is 0 Å². The Balaban J connectivity index is 1.55. The van der Waals surface area contributed by atoms with Gasteiger partial charge < -0.3 is 5.32 Å². The van der Waals surface area contributed by atoms with E-state index in [4.69, 9.17) is 11.6 Å². The van der Waals surface area contributed by atoms with E-state index < -0.39 is 0 Å². The fourth-order valence-corrected chi connectivity index (χ4v) is 3.04. The molecule has 0 saturated carbocycles. The largest absolute Gasteiger partial charge is 0.352 e. The van der Waals surface area contributed by atoms with Crippen molar-refractivity contribution < 1.29 is 4.79 Å². The SMILES string of the molecule is O=C(NCCc1csc(-c2ccc(Cl)cc2)n1)c1ccncc1. The summed E-state index contributed by atoms with van der Waals surface area (Å²) in [5.41, 5.74) is 2.63. The van der Waals surface area contributed by atoms with Crippen molar-refractivity contribution in [2.24, 2.45) is 0 Å². The van der Waals surface area contributed by atoms with Gasteiger partial charge >= 0.3 is 0 Å². The predicted octanol–water partition coefficient (Wildman–Crippen LogP) is 3.83. The van der Waals surface area contributed by atoms with E-state index in [9.17, 15) is 4.79 Å². The molecule has 3 rings (SSSR count). The lowest BCUT2D eigenvalue weighted by Crippen LogP contribution is -2.25. The lowest BCUT2D eigenvalue weighted by molar-refractivity contribution is 0.0954. The Kier molecular flexibility index (Phi) is 5.00. The number of hydrogen-bond acceptors (Lipinski definition) is 4. The van der Waals surface area contributed by atoms with Gasteiger partial charge in [-0.15, -0.1) is 11.3 Å². The Morgan fingerprint density at radius 1 is 1.13 bits per heavy atom. The Labute approximate surface area is 143 Å². The molecule has 23 heavy (non-hydrogen) atoms. The average molecular weight is 344 g/mol. The molecule has 0 aliphatic heterocycles. The van der Waals surface area contributed by atoms with Crippen molar-refractivity contribution in [2.75, 3.05) is 6.54 Å². The molecule has 6 heteroatoms. The summed E-state index contributed by atoms with van der Waals surface area (Å²) in [7, 11) is 0. The Morgan fingerprint density at radius 3 is 2.61 bits per heavy atom. The lowest BCUT2D eigenvalue weighted by atomic mass is 10.2. The quantitative estimate of drug-likeness (QED) is 0.766. The van der Waals surface area contributed by atoms with E-state index in [0.717, 1.165) is 16.3 Å². The molecule has 0 spiro atoms. The molecule has 1 N–H and O–H groups in total. The van der Waals surface area contributed by atoms with Gasteiger partial charge in [0, 0.05) is 46.9 Å². The van der Waals surface area contributed by atoms with Gasteiger partial charge in [0.05, 0.1) is 5.69 Å². The van der Waals surface area contributed by atoms with Crippen molar-refractivity contribution >= 4 is 28.8 Å². The first-order valence-corrected chi connectivity index (χ1v) is 8.37. The molecular formula is C17H14ClN3OS. The minimum absolute atomic E-state index is 0.0967. The van der Waals surface area contributed by atoms with E-state index >= 15 is 0 Å². The van der Waals surface area contributed by atoms with Gasteiger partial charge in [0.15, 0.2) is 0 Å². The molecule has 2 heterocycles. The fraction of sp³-hybridized carbons (Fsp3) is 0.118. The van der Waals surface area contributed by atoms with Crippen molar-refractivity contribution in [1.29, 1.82) is 0 Å².